The van der Waals surface area contributed by atoms with Gasteiger partial charge in [0.1, 0.15) is 18.6 Å². The largest absolute Gasteiger partial charge is 0.480 e. The summed E-state index contributed by atoms with van der Waals surface area (Å²) in [6.07, 6.45) is 0.189. The van der Waals surface area contributed by atoms with Gasteiger partial charge in [0.25, 0.3) is 0 Å². The molecule has 160 valence electrons. The quantitative estimate of drug-likeness (QED) is 0.157. The molecule has 28 heavy (non-hydrogen) atoms. The van der Waals surface area contributed by atoms with E-state index >= 15 is 0 Å². The molecule has 0 spiro atoms. The molecule has 4 amide bonds. The minimum absolute atomic E-state index is 0.194. The number of primary amides is 1. The van der Waals surface area contributed by atoms with Gasteiger partial charge >= 0.3 is 5.97 Å². The topological polar surface area (TPSA) is 214 Å². The molecule has 0 saturated carbocycles. The Labute approximate surface area is 166 Å². The molecule has 0 heterocycles. The molecule has 4 unspecified atom stereocenters. The number of aliphatic hydroxyl groups is 1. The highest BCUT2D eigenvalue weighted by atomic mass is 32.2. The van der Waals surface area contributed by atoms with Crippen molar-refractivity contribution in [2.75, 3.05) is 18.6 Å². The SMILES string of the molecule is CSCCC(NC(=O)C(NC(=O)C(N)CC(N)=O)C(C)O)C(=O)NCC(=O)O. The van der Waals surface area contributed by atoms with Crippen LogP contribution in [0.25, 0.3) is 0 Å². The second kappa shape index (κ2) is 12.9. The molecular formula is C15H27N5O7S. The summed E-state index contributed by atoms with van der Waals surface area (Å²) >= 11 is 1.41. The number of nitrogens with two attached hydrogens (primary N) is 2. The first kappa shape index (κ1) is 25.6. The third kappa shape index (κ3) is 10.1. The number of aliphatic carboxylic acids is 1. The van der Waals surface area contributed by atoms with Gasteiger partial charge in [-0.3, -0.25) is 24.0 Å². The van der Waals surface area contributed by atoms with E-state index in [1.54, 1.807) is 6.26 Å². The second-order valence-corrected chi connectivity index (χ2v) is 6.94. The highest BCUT2D eigenvalue weighted by molar-refractivity contribution is 7.98. The van der Waals surface area contributed by atoms with E-state index in [2.05, 4.69) is 16.0 Å². The number of carboxylic acids is 1. The van der Waals surface area contributed by atoms with Gasteiger partial charge in [0, 0.05) is 0 Å². The number of carbonyl (C=O) groups excluding carboxylic acids is 4. The molecule has 0 fully saturated rings. The van der Waals surface area contributed by atoms with Crippen molar-refractivity contribution >= 4 is 41.4 Å². The molecule has 13 heteroatoms. The van der Waals surface area contributed by atoms with Crippen LogP contribution >= 0.6 is 11.8 Å². The van der Waals surface area contributed by atoms with Crippen molar-refractivity contribution in [1.29, 1.82) is 0 Å². The lowest BCUT2D eigenvalue weighted by Crippen LogP contribution is -2.59. The van der Waals surface area contributed by atoms with Gasteiger partial charge in [0.15, 0.2) is 0 Å². The lowest BCUT2D eigenvalue weighted by atomic mass is 10.1. The average Bonchev–Trinajstić information content (AvgIpc) is 2.59. The first-order valence-electron chi connectivity index (χ1n) is 8.30. The predicted molar refractivity (Wildman–Crippen MR) is 101 cm³/mol. The van der Waals surface area contributed by atoms with E-state index in [4.69, 9.17) is 16.6 Å². The zero-order valence-electron chi connectivity index (χ0n) is 15.6. The van der Waals surface area contributed by atoms with Crippen molar-refractivity contribution < 1.29 is 34.2 Å². The molecule has 0 rings (SSSR count). The van der Waals surface area contributed by atoms with Gasteiger partial charge in [-0.1, -0.05) is 0 Å². The summed E-state index contributed by atoms with van der Waals surface area (Å²) in [6.45, 7) is 0.620. The summed E-state index contributed by atoms with van der Waals surface area (Å²) in [5.74, 6) is -4.04. The third-order valence-electron chi connectivity index (χ3n) is 3.48. The number of nitrogens with one attached hydrogen (secondary N) is 3. The number of hydrogen-bond acceptors (Lipinski definition) is 8. The zero-order chi connectivity index (χ0) is 21.9. The molecule has 0 aliphatic rings. The molecule has 9 N–H and O–H groups in total. The van der Waals surface area contributed by atoms with E-state index in [1.165, 1.54) is 18.7 Å². The smallest absolute Gasteiger partial charge is 0.322 e. The number of hydrogen-bond donors (Lipinski definition) is 7. The predicted octanol–water partition coefficient (Wildman–Crippen LogP) is -3.51. The molecular weight excluding hydrogens is 394 g/mol. The van der Waals surface area contributed by atoms with E-state index in [-0.39, 0.29) is 6.42 Å². The number of rotatable bonds is 13. The summed E-state index contributed by atoms with van der Waals surface area (Å²) in [5, 5.41) is 25.2. The Bertz CT molecular complexity index is 587. The highest BCUT2D eigenvalue weighted by Gasteiger charge is 2.31. The summed E-state index contributed by atoms with van der Waals surface area (Å²) in [4.78, 5) is 58.0. The van der Waals surface area contributed by atoms with E-state index in [1.807, 2.05) is 0 Å². The van der Waals surface area contributed by atoms with Crippen molar-refractivity contribution in [3.63, 3.8) is 0 Å². The Kier molecular flexibility index (Phi) is 11.8. The summed E-state index contributed by atoms with van der Waals surface area (Å²) in [6, 6.07) is -3.83. The Balaban J connectivity index is 5.12. The van der Waals surface area contributed by atoms with Crippen LogP contribution in [-0.4, -0.2) is 82.6 Å². The fourth-order valence-electron chi connectivity index (χ4n) is 2.03. The van der Waals surface area contributed by atoms with E-state index in [9.17, 15) is 29.1 Å². The Morgan fingerprint density at radius 2 is 1.68 bits per heavy atom. The lowest BCUT2D eigenvalue weighted by Gasteiger charge is -2.25. The number of carbonyl (C=O) groups is 5. The van der Waals surface area contributed by atoms with Crippen molar-refractivity contribution in [2.45, 2.75) is 44.0 Å². The van der Waals surface area contributed by atoms with Crippen LogP contribution in [0.15, 0.2) is 0 Å². The van der Waals surface area contributed by atoms with Crippen LogP contribution in [0.4, 0.5) is 0 Å². The molecule has 4 atom stereocenters. The van der Waals surface area contributed by atoms with Gasteiger partial charge in [0.2, 0.25) is 23.6 Å². The van der Waals surface area contributed by atoms with Gasteiger partial charge in [-0.05, 0) is 25.4 Å². The van der Waals surface area contributed by atoms with Crippen molar-refractivity contribution in [2.24, 2.45) is 11.5 Å². The number of carboxylic acid groups (broad SMARTS) is 1. The van der Waals surface area contributed by atoms with Gasteiger partial charge in [0.05, 0.1) is 18.6 Å². The molecule has 12 nitrogen and oxygen atoms in total. The summed E-state index contributed by atoms with van der Waals surface area (Å²) < 4.78 is 0. The second-order valence-electron chi connectivity index (χ2n) is 5.96. The maximum Gasteiger partial charge on any atom is 0.322 e. The van der Waals surface area contributed by atoms with Crippen LogP contribution in [-0.2, 0) is 24.0 Å². The molecule has 0 aromatic heterocycles. The van der Waals surface area contributed by atoms with Gasteiger partial charge < -0.3 is 37.6 Å². The Hall–Kier alpha value is -2.38. The zero-order valence-corrected chi connectivity index (χ0v) is 16.5. The molecule has 0 saturated heterocycles. The Morgan fingerprint density at radius 3 is 2.14 bits per heavy atom. The van der Waals surface area contributed by atoms with Crippen molar-refractivity contribution in [3.05, 3.63) is 0 Å². The molecule has 0 aromatic rings. The van der Waals surface area contributed by atoms with Crippen LogP contribution in [0, 0.1) is 0 Å². The first-order chi connectivity index (χ1) is 13.0. The first-order valence-corrected chi connectivity index (χ1v) is 9.70. The molecule has 0 bridgehead atoms. The fraction of sp³-hybridized carbons (Fsp3) is 0.667. The van der Waals surface area contributed by atoms with Gasteiger partial charge in [-0.15, -0.1) is 0 Å². The van der Waals surface area contributed by atoms with Crippen LogP contribution in [0.2, 0.25) is 0 Å². The maximum absolute atomic E-state index is 12.5. The van der Waals surface area contributed by atoms with Crippen LogP contribution < -0.4 is 27.4 Å². The van der Waals surface area contributed by atoms with Crippen molar-refractivity contribution in [1.82, 2.24) is 16.0 Å². The molecule has 0 aliphatic carbocycles. The maximum atomic E-state index is 12.5. The minimum atomic E-state index is -1.45. The van der Waals surface area contributed by atoms with Gasteiger partial charge in [-0.2, -0.15) is 11.8 Å². The standard InChI is InChI=1S/C15H27N5O7S/c1-7(21)12(20-13(25)8(16)5-10(17)22)15(27)19-9(3-4-28-2)14(26)18-6-11(23)24/h7-9,12,21H,3-6,16H2,1-2H3,(H2,17,22)(H,18,26)(H,19,27)(H,20,25)(H,23,24). The van der Waals surface area contributed by atoms with Gasteiger partial charge in [-0.25, -0.2) is 0 Å². The van der Waals surface area contributed by atoms with E-state index in [0.717, 1.165) is 0 Å². The average molecular weight is 421 g/mol. The Morgan fingerprint density at radius 1 is 1.07 bits per heavy atom. The third-order valence-corrected chi connectivity index (χ3v) is 4.12. The highest BCUT2D eigenvalue weighted by Crippen LogP contribution is 2.03. The minimum Gasteiger partial charge on any atom is -0.480 e. The normalized spacial score (nSPS) is 14.9. The monoisotopic (exact) mass is 421 g/mol. The fourth-order valence-corrected chi connectivity index (χ4v) is 2.50. The summed E-state index contributed by atoms with van der Waals surface area (Å²) in [5.41, 5.74) is 10.5. The van der Waals surface area contributed by atoms with Crippen molar-refractivity contribution in [3.8, 4) is 0 Å². The number of amides is 4. The van der Waals surface area contributed by atoms with E-state index in [0.29, 0.717) is 5.75 Å². The molecule has 0 aromatic carbocycles. The number of thioether (sulfide) groups is 1. The summed E-state index contributed by atoms with van der Waals surface area (Å²) in [7, 11) is 0. The number of aliphatic hydroxyl groups excluding tert-OH is 1. The lowest BCUT2D eigenvalue weighted by molar-refractivity contribution is -0.138. The molecule has 0 radical (unpaired) electrons. The van der Waals surface area contributed by atoms with Crippen LogP contribution in [0.5, 0.6) is 0 Å². The van der Waals surface area contributed by atoms with Crippen LogP contribution in [0.1, 0.15) is 19.8 Å². The van der Waals surface area contributed by atoms with Crippen LogP contribution in [0.3, 0.4) is 0 Å². The molecule has 0 aliphatic heterocycles. The van der Waals surface area contributed by atoms with E-state index < -0.39 is 66.8 Å².